The van der Waals surface area contributed by atoms with E-state index in [-0.39, 0.29) is 6.04 Å². The summed E-state index contributed by atoms with van der Waals surface area (Å²) >= 11 is 0. The number of rotatable bonds is 4. The molecule has 1 aromatic rings. The first kappa shape index (κ1) is 15.4. The van der Waals surface area contributed by atoms with E-state index in [0.717, 1.165) is 31.6 Å². The third-order valence-corrected chi connectivity index (χ3v) is 3.98. The first-order chi connectivity index (χ1) is 9.37. The highest BCUT2D eigenvalue weighted by Crippen LogP contribution is 2.36. The molecule has 1 aliphatic heterocycles. The van der Waals surface area contributed by atoms with Crippen LogP contribution >= 0.6 is 0 Å². The number of fused-ring (bicyclic) bond motifs is 1. The van der Waals surface area contributed by atoms with Gasteiger partial charge in [0.2, 0.25) is 0 Å². The van der Waals surface area contributed by atoms with Gasteiger partial charge in [0, 0.05) is 11.6 Å². The molecule has 0 radical (unpaired) electrons. The van der Waals surface area contributed by atoms with Crippen LogP contribution in [-0.4, -0.2) is 6.61 Å². The Balaban J connectivity index is 2.08. The fourth-order valence-corrected chi connectivity index (χ4v) is 3.40. The van der Waals surface area contributed by atoms with E-state index in [2.05, 4.69) is 45.9 Å². The number of ether oxygens (including phenoxy) is 1. The Morgan fingerprint density at radius 1 is 1.30 bits per heavy atom. The van der Waals surface area contributed by atoms with Gasteiger partial charge in [-0.3, -0.25) is 0 Å². The van der Waals surface area contributed by atoms with Crippen molar-refractivity contribution in [2.24, 2.45) is 17.1 Å². The van der Waals surface area contributed by atoms with Crippen LogP contribution in [0.4, 0.5) is 0 Å². The molecule has 1 aliphatic rings. The van der Waals surface area contributed by atoms with Crippen LogP contribution in [0, 0.1) is 11.3 Å². The standard InChI is InChI=1S/C18H29NO/c1-13(12-18(2,3)4)11-16(19)15-9-5-7-14-8-6-10-20-17(14)15/h5,7,9,13,16H,6,8,10-12,19H2,1-4H3. The fraction of sp³-hybridized carbons (Fsp3) is 0.667. The van der Waals surface area contributed by atoms with E-state index in [1.165, 1.54) is 17.5 Å². The van der Waals surface area contributed by atoms with E-state index < -0.39 is 0 Å². The molecule has 0 saturated carbocycles. The normalized spacial score (nSPS) is 18.1. The van der Waals surface area contributed by atoms with Crippen molar-refractivity contribution in [1.82, 2.24) is 0 Å². The van der Waals surface area contributed by atoms with Gasteiger partial charge in [0.25, 0.3) is 0 Å². The number of aryl methyl sites for hydroxylation is 1. The molecule has 0 fully saturated rings. The van der Waals surface area contributed by atoms with E-state index in [0.29, 0.717) is 11.3 Å². The third kappa shape index (κ3) is 3.99. The molecule has 0 aliphatic carbocycles. The zero-order valence-corrected chi connectivity index (χ0v) is 13.4. The Hall–Kier alpha value is -1.02. The number of hydrogen-bond donors (Lipinski definition) is 1. The zero-order chi connectivity index (χ0) is 14.8. The van der Waals surface area contributed by atoms with E-state index in [9.17, 15) is 0 Å². The molecular formula is C18H29NO. The average Bonchev–Trinajstić information content (AvgIpc) is 2.35. The Morgan fingerprint density at radius 2 is 2.05 bits per heavy atom. The van der Waals surface area contributed by atoms with Gasteiger partial charge in [0.1, 0.15) is 5.75 Å². The molecule has 1 heterocycles. The van der Waals surface area contributed by atoms with E-state index >= 15 is 0 Å². The zero-order valence-electron chi connectivity index (χ0n) is 13.4. The molecule has 0 amide bonds. The van der Waals surface area contributed by atoms with Crippen molar-refractivity contribution < 1.29 is 4.74 Å². The fourth-order valence-electron chi connectivity index (χ4n) is 3.40. The molecule has 2 atom stereocenters. The summed E-state index contributed by atoms with van der Waals surface area (Å²) in [5, 5.41) is 0. The summed E-state index contributed by atoms with van der Waals surface area (Å²) in [6.45, 7) is 10.0. The maximum atomic E-state index is 6.46. The molecule has 2 N–H and O–H groups in total. The van der Waals surface area contributed by atoms with Gasteiger partial charge in [0.05, 0.1) is 6.61 Å². The van der Waals surface area contributed by atoms with Crippen molar-refractivity contribution in [3.05, 3.63) is 29.3 Å². The first-order valence-electron chi connectivity index (χ1n) is 7.87. The quantitative estimate of drug-likeness (QED) is 0.879. The van der Waals surface area contributed by atoms with Crippen LogP contribution < -0.4 is 10.5 Å². The van der Waals surface area contributed by atoms with Crippen molar-refractivity contribution in [3.8, 4) is 5.75 Å². The maximum absolute atomic E-state index is 6.46. The Kier molecular flexibility index (Phi) is 4.74. The van der Waals surface area contributed by atoms with Crippen LogP contribution in [0.15, 0.2) is 18.2 Å². The van der Waals surface area contributed by atoms with Crippen LogP contribution in [0.5, 0.6) is 5.75 Å². The summed E-state index contributed by atoms with van der Waals surface area (Å²) in [6.07, 6.45) is 4.47. The van der Waals surface area contributed by atoms with Gasteiger partial charge in [-0.2, -0.15) is 0 Å². The maximum Gasteiger partial charge on any atom is 0.127 e. The lowest BCUT2D eigenvalue weighted by molar-refractivity contribution is 0.271. The first-order valence-corrected chi connectivity index (χ1v) is 7.87. The van der Waals surface area contributed by atoms with Crippen LogP contribution in [0.1, 0.15) is 64.1 Å². The average molecular weight is 275 g/mol. The highest BCUT2D eigenvalue weighted by atomic mass is 16.5. The van der Waals surface area contributed by atoms with Crippen molar-refractivity contribution in [2.45, 2.75) is 59.4 Å². The summed E-state index contributed by atoms with van der Waals surface area (Å²) in [5.41, 5.74) is 9.35. The molecule has 1 aromatic carbocycles. The second-order valence-electron chi connectivity index (χ2n) is 7.50. The van der Waals surface area contributed by atoms with E-state index in [1.807, 2.05) is 0 Å². The number of nitrogens with two attached hydrogens (primary N) is 1. The Bertz CT molecular complexity index is 447. The molecule has 0 saturated heterocycles. The van der Waals surface area contributed by atoms with Crippen molar-refractivity contribution in [1.29, 1.82) is 0 Å². The molecular weight excluding hydrogens is 246 g/mol. The molecule has 2 heteroatoms. The smallest absolute Gasteiger partial charge is 0.127 e. The van der Waals surface area contributed by atoms with E-state index in [1.54, 1.807) is 0 Å². The van der Waals surface area contributed by atoms with Crippen molar-refractivity contribution >= 4 is 0 Å². The van der Waals surface area contributed by atoms with Gasteiger partial charge in [-0.05, 0) is 42.6 Å². The highest BCUT2D eigenvalue weighted by Gasteiger charge is 2.22. The topological polar surface area (TPSA) is 35.2 Å². The van der Waals surface area contributed by atoms with Gasteiger partial charge in [-0.25, -0.2) is 0 Å². The largest absolute Gasteiger partial charge is 0.493 e. The van der Waals surface area contributed by atoms with Gasteiger partial charge >= 0.3 is 0 Å². The summed E-state index contributed by atoms with van der Waals surface area (Å²) in [7, 11) is 0. The van der Waals surface area contributed by atoms with Crippen LogP contribution in [0.25, 0.3) is 0 Å². The lowest BCUT2D eigenvalue weighted by Crippen LogP contribution is -2.20. The lowest BCUT2D eigenvalue weighted by Gasteiger charge is -2.27. The molecule has 2 unspecified atom stereocenters. The van der Waals surface area contributed by atoms with Gasteiger partial charge in [-0.15, -0.1) is 0 Å². The Labute approximate surface area is 123 Å². The monoisotopic (exact) mass is 275 g/mol. The minimum atomic E-state index is 0.0837. The molecule has 0 bridgehead atoms. The third-order valence-electron chi connectivity index (χ3n) is 3.98. The number of benzene rings is 1. The lowest BCUT2D eigenvalue weighted by atomic mass is 9.82. The van der Waals surface area contributed by atoms with E-state index in [4.69, 9.17) is 10.5 Å². The predicted molar refractivity (Wildman–Crippen MR) is 85.0 cm³/mol. The van der Waals surface area contributed by atoms with Crippen LogP contribution in [-0.2, 0) is 6.42 Å². The van der Waals surface area contributed by atoms with Crippen LogP contribution in [0.2, 0.25) is 0 Å². The number of para-hydroxylation sites is 1. The van der Waals surface area contributed by atoms with Crippen molar-refractivity contribution in [3.63, 3.8) is 0 Å². The molecule has 112 valence electrons. The summed E-state index contributed by atoms with van der Waals surface area (Å²) in [5.74, 6) is 1.69. The summed E-state index contributed by atoms with van der Waals surface area (Å²) in [6, 6.07) is 6.51. The summed E-state index contributed by atoms with van der Waals surface area (Å²) < 4.78 is 5.88. The molecule has 2 rings (SSSR count). The number of hydrogen-bond acceptors (Lipinski definition) is 2. The minimum Gasteiger partial charge on any atom is -0.493 e. The van der Waals surface area contributed by atoms with Gasteiger partial charge < -0.3 is 10.5 Å². The Morgan fingerprint density at radius 3 is 2.75 bits per heavy atom. The van der Waals surface area contributed by atoms with Crippen molar-refractivity contribution in [2.75, 3.05) is 6.61 Å². The molecule has 20 heavy (non-hydrogen) atoms. The summed E-state index contributed by atoms with van der Waals surface area (Å²) in [4.78, 5) is 0. The van der Waals surface area contributed by atoms with Crippen LogP contribution in [0.3, 0.4) is 0 Å². The molecule has 0 aromatic heterocycles. The molecule has 0 spiro atoms. The minimum absolute atomic E-state index is 0.0837. The SMILES string of the molecule is CC(CC(N)c1cccc2c1OCCC2)CC(C)(C)C. The molecule has 2 nitrogen and oxygen atoms in total. The predicted octanol–water partition coefficient (Wildman–Crippen LogP) is 4.47. The highest BCUT2D eigenvalue weighted by molar-refractivity contribution is 5.44. The van der Waals surface area contributed by atoms with Gasteiger partial charge in [0.15, 0.2) is 0 Å². The second-order valence-corrected chi connectivity index (χ2v) is 7.50. The second kappa shape index (κ2) is 6.17. The van der Waals surface area contributed by atoms with Gasteiger partial charge in [-0.1, -0.05) is 45.9 Å².